The molecule has 3 heterocycles. The van der Waals surface area contributed by atoms with Crippen LogP contribution in [-0.2, 0) is 18.3 Å². The largest absolute Gasteiger partial charge is 0.352 e. The Bertz CT molecular complexity index is 881. The molecule has 4 rings (SSSR count). The van der Waals surface area contributed by atoms with Crippen molar-refractivity contribution in [1.82, 2.24) is 14.9 Å². The van der Waals surface area contributed by atoms with E-state index in [-0.39, 0.29) is 11.9 Å². The highest BCUT2D eigenvalue weighted by molar-refractivity contribution is 5.85. The molecule has 25 heavy (non-hydrogen) atoms. The molecular formula is C20H22N4O. The lowest BCUT2D eigenvalue weighted by Gasteiger charge is -2.40. The molecule has 2 aromatic heterocycles. The zero-order valence-electron chi connectivity index (χ0n) is 14.4. The number of hydrogen-bond acceptors (Lipinski definition) is 3. The van der Waals surface area contributed by atoms with Gasteiger partial charge in [-0.3, -0.25) is 4.79 Å². The first-order valence-corrected chi connectivity index (χ1v) is 8.69. The van der Waals surface area contributed by atoms with Gasteiger partial charge in [0.2, 0.25) is 5.91 Å². The number of fused-ring (bicyclic) bond motifs is 1. The van der Waals surface area contributed by atoms with Crippen molar-refractivity contribution < 1.29 is 4.79 Å². The predicted octanol–water partition coefficient (Wildman–Crippen LogP) is 2.51. The van der Waals surface area contributed by atoms with Gasteiger partial charge in [0, 0.05) is 49.9 Å². The maximum absolute atomic E-state index is 12.3. The van der Waals surface area contributed by atoms with Gasteiger partial charge in [0.05, 0.1) is 6.04 Å². The summed E-state index contributed by atoms with van der Waals surface area (Å²) in [7, 11) is 2.05. The third-order valence-corrected chi connectivity index (χ3v) is 4.82. The standard InChI is InChI=1S/C20H22N4O/c1-23-12-15(17-6-2-3-7-18(17)23)9-10-20(25)22-16-13-24(14-16)19-8-4-5-11-21-19/h2-8,11-12,16H,9-10,13-14H2,1H3,(H,22,25). The summed E-state index contributed by atoms with van der Waals surface area (Å²) in [6, 6.07) is 14.4. The molecule has 0 bridgehead atoms. The first-order valence-electron chi connectivity index (χ1n) is 8.69. The number of aryl methyl sites for hydroxylation is 2. The van der Waals surface area contributed by atoms with E-state index in [1.165, 1.54) is 16.5 Å². The minimum absolute atomic E-state index is 0.124. The Balaban J connectivity index is 1.29. The number of carbonyl (C=O) groups excluding carboxylic acids is 1. The second-order valence-corrected chi connectivity index (χ2v) is 6.64. The van der Waals surface area contributed by atoms with Crippen LogP contribution in [0.2, 0.25) is 0 Å². The van der Waals surface area contributed by atoms with E-state index in [2.05, 4.69) is 38.1 Å². The number of carbonyl (C=O) groups is 1. The molecule has 5 heteroatoms. The Kier molecular flexibility index (Phi) is 4.14. The molecule has 0 radical (unpaired) electrons. The van der Waals surface area contributed by atoms with Gasteiger partial charge in [-0.1, -0.05) is 24.3 Å². The molecule has 1 aliphatic heterocycles. The molecule has 0 saturated carbocycles. The van der Waals surface area contributed by atoms with Gasteiger partial charge in [-0.05, 0) is 30.2 Å². The number of nitrogens with one attached hydrogen (secondary N) is 1. The number of anilines is 1. The van der Waals surface area contributed by atoms with Gasteiger partial charge >= 0.3 is 0 Å². The summed E-state index contributed by atoms with van der Waals surface area (Å²) in [6.07, 6.45) is 5.22. The zero-order valence-corrected chi connectivity index (χ0v) is 14.4. The Hall–Kier alpha value is -2.82. The van der Waals surface area contributed by atoms with Crippen molar-refractivity contribution >= 4 is 22.6 Å². The molecule has 0 unspecified atom stereocenters. The maximum atomic E-state index is 12.3. The first-order chi connectivity index (χ1) is 12.2. The van der Waals surface area contributed by atoms with E-state index in [4.69, 9.17) is 0 Å². The number of aromatic nitrogens is 2. The van der Waals surface area contributed by atoms with Crippen LogP contribution in [0.15, 0.2) is 54.9 Å². The number of benzene rings is 1. The molecule has 1 aliphatic rings. The Labute approximate surface area is 147 Å². The van der Waals surface area contributed by atoms with Gasteiger partial charge in [-0.25, -0.2) is 4.98 Å². The van der Waals surface area contributed by atoms with Gasteiger partial charge in [-0.15, -0.1) is 0 Å². The number of rotatable bonds is 5. The fourth-order valence-corrected chi connectivity index (χ4v) is 3.47. The fourth-order valence-electron chi connectivity index (χ4n) is 3.47. The number of hydrogen-bond donors (Lipinski definition) is 1. The van der Waals surface area contributed by atoms with Crippen LogP contribution in [0.4, 0.5) is 5.82 Å². The van der Waals surface area contributed by atoms with Crippen LogP contribution in [0.1, 0.15) is 12.0 Å². The SMILES string of the molecule is Cn1cc(CCC(=O)NC2CN(c3ccccn3)C2)c2ccccc21. The van der Waals surface area contributed by atoms with Crippen molar-refractivity contribution in [2.24, 2.45) is 7.05 Å². The van der Waals surface area contributed by atoms with E-state index in [9.17, 15) is 4.79 Å². The van der Waals surface area contributed by atoms with Crippen LogP contribution in [0.3, 0.4) is 0 Å². The second kappa shape index (κ2) is 6.59. The van der Waals surface area contributed by atoms with Gasteiger partial charge in [0.15, 0.2) is 0 Å². The van der Waals surface area contributed by atoms with Gasteiger partial charge in [-0.2, -0.15) is 0 Å². The minimum atomic E-state index is 0.124. The zero-order chi connectivity index (χ0) is 17.2. The molecule has 1 N–H and O–H groups in total. The van der Waals surface area contributed by atoms with Gasteiger partial charge < -0.3 is 14.8 Å². The molecule has 1 saturated heterocycles. The molecule has 0 atom stereocenters. The summed E-state index contributed by atoms with van der Waals surface area (Å²) in [6.45, 7) is 1.66. The summed E-state index contributed by atoms with van der Waals surface area (Å²) >= 11 is 0. The number of amides is 1. The van der Waals surface area contributed by atoms with E-state index >= 15 is 0 Å². The molecule has 1 aromatic carbocycles. The lowest BCUT2D eigenvalue weighted by atomic mass is 10.1. The molecule has 0 spiro atoms. The third kappa shape index (κ3) is 3.22. The summed E-state index contributed by atoms with van der Waals surface area (Å²) < 4.78 is 2.12. The van der Waals surface area contributed by atoms with Gasteiger partial charge in [0.25, 0.3) is 0 Å². The van der Waals surface area contributed by atoms with E-state index < -0.39 is 0 Å². The topological polar surface area (TPSA) is 50.2 Å². The lowest BCUT2D eigenvalue weighted by Crippen LogP contribution is -2.59. The number of pyridine rings is 1. The Morgan fingerprint density at radius 3 is 2.80 bits per heavy atom. The average Bonchev–Trinajstić information content (AvgIpc) is 2.93. The van der Waals surface area contributed by atoms with Crippen molar-refractivity contribution in [3.63, 3.8) is 0 Å². The van der Waals surface area contributed by atoms with Crippen molar-refractivity contribution in [2.45, 2.75) is 18.9 Å². The van der Waals surface area contributed by atoms with Crippen LogP contribution in [-0.4, -0.2) is 34.6 Å². The highest BCUT2D eigenvalue weighted by Gasteiger charge is 2.28. The van der Waals surface area contributed by atoms with Crippen LogP contribution in [0, 0.1) is 0 Å². The predicted molar refractivity (Wildman–Crippen MR) is 99.6 cm³/mol. The normalized spacial score (nSPS) is 14.5. The lowest BCUT2D eigenvalue weighted by molar-refractivity contribution is -0.121. The molecule has 0 aliphatic carbocycles. The third-order valence-electron chi connectivity index (χ3n) is 4.82. The van der Waals surface area contributed by atoms with Crippen molar-refractivity contribution in [3.8, 4) is 0 Å². The van der Waals surface area contributed by atoms with Crippen molar-refractivity contribution in [2.75, 3.05) is 18.0 Å². The van der Waals surface area contributed by atoms with Gasteiger partial charge in [0.1, 0.15) is 5.82 Å². The summed E-state index contributed by atoms with van der Waals surface area (Å²) in [5, 5.41) is 4.36. The van der Waals surface area contributed by atoms with Crippen LogP contribution < -0.4 is 10.2 Å². The molecule has 1 amide bonds. The number of nitrogens with zero attached hydrogens (tertiary/aromatic N) is 3. The molecule has 1 fully saturated rings. The highest BCUT2D eigenvalue weighted by Crippen LogP contribution is 2.22. The Morgan fingerprint density at radius 1 is 1.20 bits per heavy atom. The van der Waals surface area contributed by atoms with Crippen molar-refractivity contribution in [1.29, 1.82) is 0 Å². The number of para-hydroxylation sites is 1. The van der Waals surface area contributed by atoms with E-state index in [1.807, 2.05) is 37.4 Å². The summed E-state index contributed by atoms with van der Waals surface area (Å²) in [5.41, 5.74) is 2.44. The van der Waals surface area contributed by atoms with Crippen LogP contribution in [0.25, 0.3) is 10.9 Å². The van der Waals surface area contributed by atoms with Crippen LogP contribution >= 0.6 is 0 Å². The van der Waals surface area contributed by atoms with E-state index in [0.29, 0.717) is 6.42 Å². The van der Waals surface area contributed by atoms with Crippen LogP contribution in [0.5, 0.6) is 0 Å². The smallest absolute Gasteiger partial charge is 0.220 e. The molecule has 5 nitrogen and oxygen atoms in total. The van der Waals surface area contributed by atoms with E-state index in [1.54, 1.807) is 6.20 Å². The summed E-state index contributed by atoms with van der Waals surface area (Å²) in [5.74, 6) is 1.10. The van der Waals surface area contributed by atoms with Crippen molar-refractivity contribution in [3.05, 3.63) is 60.4 Å². The maximum Gasteiger partial charge on any atom is 0.220 e. The minimum Gasteiger partial charge on any atom is -0.352 e. The first kappa shape index (κ1) is 15.7. The summed E-state index contributed by atoms with van der Waals surface area (Å²) in [4.78, 5) is 18.8. The fraction of sp³-hybridized carbons (Fsp3) is 0.300. The molecule has 3 aromatic rings. The quantitative estimate of drug-likeness (QED) is 0.780. The molecule has 128 valence electrons. The highest BCUT2D eigenvalue weighted by atomic mass is 16.1. The Morgan fingerprint density at radius 2 is 2.00 bits per heavy atom. The second-order valence-electron chi connectivity index (χ2n) is 6.64. The monoisotopic (exact) mass is 334 g/mol. The van der Waals surface area contributed by atoms with E-state index in [0.717, 1.165) is 25.3 Å². The molecular weight excluding hydrogens is 312 g/mol. The average molecular weight is 334 g/mol.